The summed E-state index contributed by atoms with van der Waals surface area (Å²) in [6.07, 6.45) is 1.76. The second kappa shape index (κ2) is 4.48. The minimum absolute atomic E-state index is 0.133. The predicted molar refractivity (Wildman–Crippen MR) is 74.9 cm³/mol. The first-order valence-electron chi connectivity index (χ1n) is 6.17. The lowest BCUT2D eigenvalue weighted by atomic mass is 9.85. The summed E-state index contributed by atoms with van der Waals surface area (Å²) in [4.78, 5) is 4.17. The average Bonchev–Trinajstić information content (AvgIpc) is 2.76. The molecule has 0 saturated heterocycles. The monoisotopic (exact) mass is 244 g/mol. The SMILES string of the molecule is CNc1ncc(-c2cc(C(C)(C)C)ccc2C)o1. The number of benzene rings is 1. The number of aryl methyl sites for hydroxylation is 1. The number of hydrogen-bond donors (Lipinski definition) is 1. The first-order chi connectivity index (χ1) is 8.41. The summed E-state index contributed by atoms with van der Waals surface area (Å²) in [5, 5.41) is 2.90. The first-order valence-corrected chi connectivity index (χ1v) is 6.17. The third-order valence-corrected chi connectivity index (χ3v) is 3.09. The predicted octanol–water partition coefficient (Wildman–Crippen LogP) is 3.99. The van der Waals surface area contributed by atoms with E-state index < -0.39 is 0 Å². The molecule has 0 bridgehead atoms. The number of rotatable bonds is 2. The van der Waals surface area contributed by atoms with Gasteiger partial charge in [-0.05, 0) is 29.5 Å². The van der Waals surface area contributed by atoms with E-state index in [-0.39, 0.29) is 5.41 Å². The highest BCUT2D eigenvalue weighted by Crippen LogP contribution is 2.31. The zero-order valence-corrected chi connectivity index (χ0v) is 11.7. The maximum absolute atomic E-state index is 5.65. The molecule has 3 heteroatoms. The Kier molecular flexibility index (Phi) is 3.16. The van der Waals surface area contributed by atoms with Gasteiger partial charge in [0.1, 0.15) is 0 Å². The maximum atomic E-state index is 5.65. The van der Waals surface area contributed by atoms with Crippen LogP contribution >= 0.6 is 0 Å². The average molecular weight is 244 g/mol. The van der Waals surface area contributed by atoms with Crippen LogP contribution in [-0.4, -0.2) is 12.0 Å². The molecular formula is C15H20N2O. The van der Waals surface area contributed by atoms with E-state index in [2.05, 4.69) is 56.2 Å². The molecule has 0 atom stereocenters. The third kappa shape index (κ3) is 2.40. The maximum Gasteiger partial charge on any atom is 0.294 e. The summed E-state index contributed by atoms with van der Waals surface area (Å²) in [5.74, 6) is 0.808. The quantitative estimate of drug-likeness (QED) is 0.868. The molecule has 2 aromatic rings. The van der Waals surface area contributed by atoms with Crippen LogP contribution in [0.1, 0.15) is 31.9 Å². The summed E-state index contributed by atoms with van der Waals surface area (Å²) in [6.45, 7) is 8.71. The zero-order chi connectivity index (χ0) is 13.3. The molecule has 0 spiro atoms. The highest BCUT2D eigenvalue weighted by molar-refractivity contribution is 5.63. The van der Waals surface area contributed by atoms with Crippen molar-refractivity contribution in [1.82, 2.24) is 4.98 Å². The molecule has 0 aliphatic heterocycles. The van der Waals surface area contributed by atoms with Crippen LogP contribution in [0.2, 0.25) is 0 Å². The summed E-state index contributed by atoms with van der Waals surface area (Å²) < 4.78 is 5.65. The Labute approximate surface area is 108 Å². The lowest BCUT2D eigenvalue weighted by Gasteiger charge is -2.20. The van der Waals surface area contributed by atoms with Crippen molar-refractivity contribution >= 4 is 6.01 Å². The minimum atomic E-state index is 0.133. The van der Waals surface area contributed by atoms with Gasteiger partial charge in [-0.3, -0.25) is 0 Å². The first kappa shape index (κ1) is 12.7. The molecule has 0 aliphatic rings. The molecule has 0 fully saturated rings. The van der Waals surface area contributed by atoms with Crippen LogP contribution in [0.3, 0.4) is 0 Å². The van der Waals surface area contributed by atoms with Crippen molar-refractivity contribution < 1.29 is 4.42 Å². The van der Waals surface area contributed by atoms with E-state index in [1.54, 1.807) is 13.2 Å². The Morgan fingerprint density at radius 2 is 1.94 bits per heavy atom. The molecular weight excluding hydrogens is 224 g/mol. The number of oxazole rings is 1. The highest BCUT2D eigenvalue weighted by atomic mass is 16.4. The Morgan fingerprint density at radius 1 is 1.22 bits per heavy atom. The van der Waals surface area contributed by atoms with Gasteiger partial charge in [0.15, 0.2) is 5.76 Å². The zero-order valence-electron chi connectivity index (χ0n) is 11.7. The van der Waals surface area contributed by atoms with Crippen molar-refractivity contribution in [3.63, 3.8) is 0 Å². The van der Waals surface area contributed by atoms with E-state index in [0.29, 0.717) is 6.01 Å². The van der Waals surface area contributed by atoms with Crippen molar-refractivity contribution in [2.45, 2.75) is 33.1 Å². The van der Waals surface area contributed by atoms with Gasteiger partial charge in [0.2, 0.25) is 0 Å². The van der Waals surface area contributed by atoms with Crippen LogP contribution < -0.4 is 5.32 Å². The number of aromatic nitrogens is 1. The molecule has 96 valence electrons. The van der Waals surface area contributed by atoms with Crippen LogP contribution in [0.5, 0.6) is 0 Å². The van der Waals surface area contributed by atoms with E-state index in [4.69, 9.17) is 4.42 Å². The molecule has 1 aromatic carbocycles. The molecule has 0 aliphatic carbocycles. The molecule has 0 saturated carbocycles. The fraction of sp³-hybridized carbons (Fsp3) is 0.400. The van der Waals surface area contributed by atoms with E-state index in [1.165, 1.54) is 11.1 Å². The third-order valence-electron chi connectivity index (χ3n) is 3.09. The number of nitrogens with zero attached hydrogens (tertiary/aromatic N) is 1. The Hall–Kier alpha value is -1.77. The van der Waals surface area contributed by atoms with Crippen LogP contribution in [0.25, 0.3) is 11.3 Å². The summed E-state index contributed by atoms with van der Waals surface area (Å²) >= 11 is 0. The Morgan fingerprint density at radius 3 is 2.50 bits per heavy atom. The number of nitrogens with one attached hydrogen (secondary N) is 1. The van der Waals surface area contributed by atoms with Crippen LogP contribution in [0, 0.1) is 6.92 Å². The molecule has 3 nitrogen and oxygen atoms in total. The fourth-order valence-electron chi connectivity index (χ4n) is 1.87. The molecule has 2 rings (SSSR count). The number of anilines is 1. The minimum Gasteiger partial charge on any atom is -0.424 e. The van der Waals surface area contributed by atoms with E-state index in [0.717, 1.165) is 11.3 Å². The second-order valence-electron chi connectivity index (χ2n) is 5.56. The smallest absolute Gasteiger partial charge is 0.294 e. The standard InChI is InChI=1S/C15H20N2O/c1-10-6-7-11(15(2,3)4)8-12(10)13-9-17-14(16-5)18-13/h6-9H,1-5H3,(H,16,17). The summed E-state index contributed by atoms with van der Waals surface area (Å²) in [5.41, 5.74) is 3.73. The van der Waals surface area contributed by atoms with Gasteiger partial charge in [0, 0.05) is 12.6 Å². The van der Waals surface area contributed by atoms with Gasteiger partial charge in [-0.15, -0.1) is 0 Å². The summed E-state index contributed by atoms with van der Waals surface area (Å²) in [6, 6.07) is 7.05. The van der Waals surface area contributed by atoms with Crippen molar-refractivity contribution in [2.75, 3.05) is 12.4 Å². The molecule has 1 aromatic heterocycles. The van der Waals surface area contributed by atoms with E-state index in [9.17, 15) is 0 Å². The van der Waals surface area contributed by atoms with E-state index in [1.807, 2.05) is 0 Å². The van der Waals surface area contributed by atoms with Crippen molar-refractivity contribution in [3.05, 3.63) is 35.5 Å². The van der Waals surface area contributed by atoms with Gasteiger partial charge in [0.05, 0.1) is 6.20 Å². The molecule has 0 amide bonds. The normalized spacial score (nSPS) is 11.6. The van der Waals surface area contributed by atoms with Gasteiger partial charge in [0.25, 0.3) is 6.01 Å². The van der Waals surface area contributed by atoms with Gasteiger partial charge >= 0.3 is 0 Å². The van der Waals surface area contributed by atoms with E-state index >= 15 is 0 Å². The van der Waals surface area contributed by atoms with Crippen LogP contribution in [-0.2, 0) is 5.41 Å². The Bertz CT molecular complexity index is 550. The van der Waals surface area contributed by atoms with Gasteiger partial charge in [-0.1, -0.05) is 32.9 Å². The number of hydrogen-bond acceptors (Lipinski definition) is 3. The molecule has 0 unspecified atom stereocenters. The molecule has 1 N–H and O–H groups in total. The van der Waals surface area contributed by atoms with Crippen molar-refractivity contribution in [2.24, 2.45) is 0 Å². The topological polar surface area (TPSA) is 38.1 Å². The Balaban J connectivity index is 2.49. The lowest BCUT2D eigenvalue weighted by molar-refractivity contribution is 0.583. The second-order valence-corrected chi connectivity index (χ2v) is 5.56. The van der Waals surface area contributed by atoms with Gasteiger partial charge in [-0.25, -0.2) is 4.98 Å². The molecule has 18 heavy (non-hydrogen) atoms. The van der Waals surface area contributed by atoms with Crippen molar-refractivity contribution in [3.8, 4) is 11.3 Å². The summed E-state index contributed by atoms with van der Waals surface area (Å²) in [7, 11) is 1.80. The van der Waals surface area contributed by atoms with Crippen LogP contribution in [0.4, 0.5) is 6.01 Å². The molecule has 1 heterocycles. The largest absolute Gasteiger partial charge is 0.424 e. The van der Waals surface area contributed by atoms with Gasteiger partial charge in [-0.2, -0.15) is 0 Å². The van der Waals surface area contributed by atoms with Crippen LogP contribution in [0.15, 0.2) is 28.8 Å². The highest BCUT2D eigenvalue weighted by Gasteiger charge is 2.16. The lowest BCUT2D eigenvalue weighted by Crippen LogP contribution is -2.11. The molecule has 0 radical (unpaired) electrons. The van der Waals surface area contributed by atoms with Gasteiger partial charge < -0.3 is 9.73 Å². The van der Waals surface area contributed by atoms with Crippen molar-refractivity contribution in [1.29, 1.82) is 0 Å². The fourth-order valence-corrected chi connectivity index (χ4v) is 1.87.